The summed E-state index contributed by atoms with van der Waals surface area (Å²) in [6, 6.07) is 1.69. The number of hydrogen-bond donors (Lipinski definition) is 1. The lowest BCUT2D eigenvalue weighted by Gasteiger charge is -2.11. The molecule has 0 radical (unpaired) electrons. The predicted molar refractivity (Wildman–Crippen MR) is 68.2 cm³/mol. The fourth-order valence-corrected chi connectivity index (χ4v) is 2.04. The largest absolute Gasteiger partial charge is 0.492 e. The first-order valence-corrected chi connectivity index (χ1v) is 6.47. The Balaban J connectivity index is 2.15. The number of ether oxygens (including phenoxy) is 1. The highest BCUT2D eigenvalue weighted by atomic mass is 32.1. The van der Waals surface area contributed by atoms with Gasteiger partial charge in [-0.25, -0.2) is 4.98 Å². The van der Waals surface area contributed by atoms with Crippen LogP contribution in [0.2, 0.25) is 0 Å². The number of pyridine rings is 1. The number of thiazole rings is 1. The Kier molecular flexibility index (Phi) is 4.06. The van der Waals surface area contributed by atoms with Crippen LogP contribution >= 0.6 is 11.3 Å². The van der Waals surface area contributed by atoms with Crippen molar-refractivity contribution in [2.45, 2.75) is 19.4 Å². The van der Waals surface area contributed by atoms with Gasteiger partial charge in [-0.2, -0.15) is 0 Å². The Morgan fingerprint density at radius 1 is 1.47 bits per heavy atom. The highest BCUT2D eigenvalue weighted by molar-refractivity contribution is 7.07. The lowest BCUT2D eigenvalue weighted by atomic mass is 10.1. The maximum absolute atomic E-state index is 6.11. The minimum absolute atomic E-state index is 0.237. The third kappa shape index (κ3) is 3.01. The zero-order chi connectivity index (χ0) is 12.1. The summed E-state index contributed by atoms with van der Waals surface area (Å²) in [5.74, 6) is 0.759. The van der Waals surface area contributed by atoms with Crippen molar-refractivity contribution >= 4 is 11.3 Å². The summed E-state index contributed by atoms with van der Waals surface area (Å²) in [5.41, 5.74) is 9.67. The van der Waals surface area contributed by atoms with Crippen molar-refractivity contribution < 1.29 is 4.74 Å². The third-order valence-corrected chi connectivity index (χ3v) is 2.94. The summed E-state index contributed by atoms with van der Waals surface area (Å²) < 4.78 is 5.53. The fourth-order valence-electron chi connectivity index (χ4n) is 1.45. The predicted octanol–water partition coefficient (Wildman–Crippen LogP) is 2.38. The molecule has 0 aliphatic heterocycles. The highest BCUT2D eigenvalue weighted by Gasteiger charge is 2.11. The first-order chi connectivity index (χ1) is 8.31. The summed E-state index contributed by atoms with van der Waals surface area (Å²) in [7, 11) is 0. The van der Waals surface area contributed by atoms with Gasteiger partial charge in [0.25, 0.3) is 0 Å². The van der Waals surface area contributed by atoms with Crippen LogP contribution in [0.5, 0.6) is 5.75 Å². The Morgan fingerprint density at radius 2 is 2.35 bits per heavy atom. The number of rotatable bonds is 5. The van der Waals surface area contributed by atoms with E-state index in [0.29, 0.717) is 6.61 Å². The first kappa shape index (κ1) is 12.0. The molecule has 0 saturated heterocycles. The second-order valence-electron chi connectivity index (χ2n) is 3.69. The van der Waals surface area contributed by atoms with Crippen LogP contribution in [0.25, 0.3) is 0 Å². The number of nitrogens with zero attached hydrogens (tertiary/aromatic N) is 2. The monoisotopic (exact) mass is 249 g/mol. The Morgan fingerprint density at radius 3 is 3.06 bits per heavy atom. The van der Waals surface area contributed by atoms with E-state index < -0.39 is 0 Å². The summed E-state index contributed by atoms with van der Waals surface area (Å²) in [6.45, 7) is 2.76. The van der Waals surface area contributed by atoms with Gasteiger partial charge in [-0.15, -0.1) is 11.3 Å². The van der Waals surface area contributed by atoms with Crippen LogP contribution < -0.4 is 10.5 Å². The molecule has 1 unspecified atom stereocenters. The summed E-state index contributed by atoms with van der Waals surface area (Å²) >= 11 is 1.54. The lowest BCUT2D eigenvalue weighted by Crippen LogP contribution is -2.12. The zero-order valence-corrected chi connectivity index (χ0v) is 10.5. The van der Waals surface area contributed by atoms with Crippen molar-refractivity contribution in [3.05, 3.63) is 40.6 Å². The lowest BCUT2D eigenvalue weighted by molar-refractivity contribution is 0.315. The van der Waals surface area contributed by atoms with Gasteiger partial charge in [0, 0.05) is 11.6 Å². The van der Waals surface area contributed by atoms with Gasteiger partial charge in [-0.05, 0) is 18.1 Å². The normalized spacial score (nSPS) is 12.4. The van der Waals surface area contributed by atoms with E-state index in [0.717, 1.165) is 23.4 Å². The molecule has 2 aromatic heterocycles. The van der Waals surface area contributed by atoms with Crippen LogP contribution in [0.3, 0.4) is 0 Å². The topological polar surface area (TPSA) is 61.0 Å². The second-order valence-corrected chi connectivity index (χ2v) is 4.41. The van der Waals surface area contributed by atoms with E-state index in [4.69, 9.17) is 10.5 Å². The van der Waals surface area contributed by atoms with Crippen molar-refractivity contribution in [1.82, 2.24) is 9.97 Å². The third-order valence-electron chi connectivity index (χ3n) is 2.34. The molecular weight excluding hydrogens is 234 g/mol. The molecule has 2 heterocycles. The minimum Gasteiger partial charge on any atom is -0.492 e. The molecule has 0 bridgehead atoms. The molecule has 0 spiro atoms. The Bertz CT molecular complexity index is 459. The van der Waals surface area contributed by atoms with E-state index in [-0.39, 0.29) is 6.04 Å². The van der Waals surface area contributed by atoms with Crippen LogP contribution in [0.15, 0.2) is 29.4 Å². The zero-order valence-electron chi connectivity index (χ0n) is 9.67. The maximum atomic E-state index is 6.11. The molecule has 0 saturated carbocycles. The maximum Gasteiger partial charge on any atom is 0.137 e. The van der Waals surface area contributed by atoms with Gasteiger partial charge in [-0.3, -0.25) is 4.98 Å². The van der Waals surface area contributed by atoms with E-state index in [1.165, 1.54) is 11.3 Å². The van der Waals surface area contributed by atoms with E-state index in [9.17, 15) is 0 Å². The highest BCUT2D eigenvalue weighted by Crippen LogP contribution is 2.21. The molecule has 2 aromatic rings. The Hall–Kier alpha value is -1.46. The molecule has 5 heteroatoms. The van der Waals surface area contributed by atoms with Crippen LogP contribution in [-0.4, -0.2) is 16.6 Å². The van der Waals surface area contributed by atoms with Crippen LogP contribution in [-0.2, 0) is 0 Å². The van der Waals surface area contributed by atoms with Gasteiger partial charge in [0.05, 0.1) is 30.1 Å². The SMILES string of the molecule is CCCOc1cncc(C(N)c2cscn2)c1. The number of aromatic nitrogens is 2. The average Bonchev–Trinajstić information content (AvgIpc) is 2.89. The van der Waals surface area contributed by atoms with E-state index in [1.54, 1.807) is 17.9 Å². The van der Waals surface area contributed by atoms with Crippen molar-refractivity contribution in [2.75, 3.05) is 6.61 Å². The molecule has 0 amide bonds. The quantitative estimate of drug-likeness (QED) is 0.883. The Labute approximate surface area is 104 Å². The minimum atomic E-state index is -0.237. The first-order valence-electron chi connectivity index (χ1n) is 5.52. The second kappa shape index (κ2) is 5.75. The van der Waals surface area contributed by atoms with Gasteiger partial charge in [0.2, 0.25) is 0 Å². The van der Waals surface area contributed by atoms with Gasteiger partial charge >= 0.3 is 0 Å². The van der Waals surface area contributed by atoms with Gasteiger partial charge in [0.15, 0.2) is 0 Å². The van der Waals surface area contributed by atoms with Crippen molar-refractivity contribution in [1.29, 1.82) is 0 Å². The van der Waals surface area contributed by atoms with Gasteiger partial charge in [0.1, 0.15) is 5.75 Å². The van der Waals surface area contributed by atoms with E-state index in [2.05, 4.69) is 16.9 Å². The van der Waals surface area contributed by atoms with Gasteiger partial charge < -0.3 is 10.5 Å². The molecule has 0 aliphatic carbocycles. The average molecular weight is 249 g/mol. The van der Waals surface area contributed by atoms with Crippen molar-refractivity contribution in [2.24, 2.45) is 5.73 Å². The summed E-state index contributed by atoms with van der Waals surface area (Å²) in [4.78, 5) is 8.35. The standard InChI is InChI=1S/C12H15N3OS/c1-2-3-16-10-4-9(5-14-6-10)12(13)11-7-17-8-15-11/h4-8,12H,2-3,13H2,1H3. The van der Waals surface area contributed by atoms with Crippen molar-refractivity contribution in [3.8, 4) is 5.75 Å². The molecule has 90 valence electrons. The molecule has 1 atom stereocenters. The smallest absolute Gasteiger partial charge is 0.137 e. The van der Waals surface area contributed by atoms with Crippen LogP contribution in [0, 0.1) is 0 Å². The summed E-state index contributed by atoms with van der Waals surface area (Å²) in [5, 5.41) is 1.95. The van der Waals surface area contributed by atoms with E-state index >= 15 is 0 Å². The van der Waals surface area contributed by atoms with Gasteiger partial charge in [-0.1, -0.05) is 6.92 Å². The molecule has 0 aromatic carbocycles. The molecule has 17 heavy (non-hydrogen) atoms. The van der Waals surface area contributed by atoms with Crippen LogP contribution in [0.4, 0.5) is 0 Å². The number of hydrogen-bond acceptors (Lipinski definition) is 5. The van der Waals surface area contributed by atoms with Crippen LogP contribution in [0.1, 0.15) is 30.6 Å². The molecule has 4 nitrogen and oxygen atoms in total. The van der Waals surface area contributed by atoms with Crippen molar-refractivity contribution in [3.63, 3.8) is 0 Å². The molecule has 2 rings (SSSR count). The molecule has 2 N–H and O–H groups in total. The number of nitrogens with two attached hydrogens (primary N) is 1. The summed E-state index contributed by atoms with van der Waals surface area (Å²) in [6.07, 6.45) is 4.43. The molecule has 0 fully saturated rings. The van der Waals surface area contributed by atoms with E-state index in [1.807, 2.05) is 11.4 Å². The molecular formula is C12H15N3OS. The fraction of sp³-hybridized carbons (Fsp3) is 0.333. The molecule has 0 aliphatic rings.